The standard InChI is InChI=1S/C15H22N2O3/c1-3-4-13(14(18)19)17-15(20)16-9(2)12-8-10-5-6-11(12)7-10/h1,9-13H,4-8H2,2H3,(H,18,19)(H2,16,17,20). The maximum atomic E-state index is 11.9. The summed E-state index contributed by atoms with van der Waals surface area (Å²) >= 11 is 0. The van der Waals surface area contributed by atoms with Gasteiger partial charge in [-0.15, -0.1) is 12.3 Å². The number of urea groups is 1. The third kappa shape index (κ3) is 3.24. The number of fused-ring (bicyclic) bond motifs is 2. The van der Waals surface area contributed by atoms with Crippen molar-refractivity contribution in [3.63, 3.8) is 0 Å². The van der Waals surface area contributed by atoms with Gasteiger partial charge in [-0.2, -0.15) is 0 Å². The first kappa shape index (κ1) is 14.7. The van der Waals surface area contributed by atoms with Crippen LogP contribution in [0.3, 0.4) is 0 Å². The Balaban J connectivity index is 1.82. The summed E-state index contributed by atoms with van der Waals surface area (Å²) in [5, 5.41) is 14.2. The highest BCUT2D eigenvalue weighted by Gasteiger charge is 2.42. The third-order valence-electron chi connectivity index (χ3n) is 4.72. The van der Waals surface area contributed by atoms with Crippen LogP contribution in [0.25, 0.3) is 0 Å². The number of carbonyl (C=O) groups excluding carboxylic acids is 1. The van der Waals surface area contributed by atoms with Gasteiger partial charge in [-0.1, -0.05) is 6.42 Å². The molecule has 5 nitrogen and oxygen atoms in total. The summed E-state index contributed by atoms with van der Waals surface area (Å²) < 4.78 is 0. The Labute approximate surface area is 119 Å². The van der Waals surface area contributed by atoms with Crippen LogP contribution in [0.4, 0.5) is 4.79 Å². The molecular formula is C15H22N2O3. The molecule has 0 heterocycles. The zero-order chi connectivity index (χ0) is 14.7. The van der Waals surface area contributed by atoms with Gasteiger partial charge >= 0.3 is 12.0 Å². The lowest BCUT2D eigenvalue weighted by Crippen LogP contribution is -2.50. The largest absolute Gasteiger partial charge is 0.480 e. The summed E-state index contributed by atoms with van der Waals surface area (Å²) in [6.45, 7) is 2.00. The number of amides is 2. The van der Waals surface area contributed by atoms with Crippen LogP contribution in [-0.4, -0.2) is 29.2 Å². The van der Waals surface area contributed by atoms with Crippen molar-refractivity contribution >= 4 is 12.0 Å². The zero-order valence-corrected chi connectivity index (χ0v) is 11.8. The fourth-order valence-corrected chi connectivity index (χ4v) is 3.74. The van der Waals surface area contributed by atoms with Crippen LogP contribution in [0, 0.1) is 30.1 Å². The van der Waals surface area contributed by atoms with E-state index in [9.17, 15) is 9.59 Å². The fourth-order valence-electron chi connectivity index (χ4n) is 3.74. The van der Waals surface area contributed by atoms with Gasteiger partial charge in [0.15, 0.2) is 0 Å². The highest BCUT2D eigenvalue weighted by Crippen LogP contribution is 2.49. The molecule has 2 bridgehead atoms. The smallest absolute Gasteiger partial charge is 0.327 e. The van der Waals surface area contributed by atoms with Gasteiger partial charge in [-0.25, -0.2) is 9.59 Å². The molecule has 5 atom stereocenters. The van der Waals surface area contributed by atoms with Crippen molar-refractivity contribution in [1.29, 1.82) is 0 Å². The third-order valence-corrected chi connectivity index (χ3v) is 4.72. The molecule has 0 aliphatic heterocycles. The van der Waals surface area contributed by atoms with Crippen molar-refractivity contribution in [3.05, 3.63) is 0 Å². The van der Waals surface area contributed by atoms with Gasteiger partial charge < -0.3 is 15.7 Å². The summed E-state index contributed by atoms with van der Waals surface area (Å²) in [4.78, 5) is 22.8. The molecule has 0 aromatic carbocycles. The second-order valence-corrected chi connectivity index (χ2v) is 6.04. The molecule has 0 aromatic heterocycles. The zero-order valence-electron chi connectivity index (χ0n) is 11.8. The highest BCUT2D eigenvalue weighted by atomic mass is 16.4. The Kier molecular flexibility index (Phi) is 4.53. The van der Waals surface area contributed by atoms with Gasteiger partial charge in [0.05, 0.1) is 0 Å². The second kappa shape index (κ2) is 6.17. The molecule has 20 heavy (non-hydrogen) atoms. The normalized spacial score (nSPS) is 30.3. The van der Waals surface area contributed by atoms with Gasteiger partial charge in [-0.05, 0) is 43.9 Å². The first-order valence-corrected chi connectivity index (χ1v) is 7.24. The molecule has 5 unspecified atom stereocenters. The van der Waals surface area contributed by atoms with Crippen molar-refractivity contribution < 1.29 is 14.7 Å². The number of hydrogen-bond acceptors (Lipinski definition) is 2. The fraction of sp³-hybridized carbons (Fsp3) is 0.733. The molecular weight excluding hydrogens is 256 g/mol. The first-order chi connectivity index (χ1) is 9.51. The van der Waals surface area contributed by atoms with E-state index in [1.54, 1.807) is 0 Å². The molecule has 2 rings (SSSR count). The number of hydrogen-bond donors (Lipinski definition) is 3. The van der Waals surface area contributed by atoms with Crippen LogP contribution in [0.5, 0.6) is 0 Å². The lowest BCUT2D eigenvalue weighted by atomic mass is 9.84. The molecule has 2 aliphatic rings. The number of terminal acetylenes is 1. The van der Waals surface area contributed by atoms with E-state index in [1.165, 1.54) is 25.7 Å². The van der Waals surface area contributed by atoms with E-state index in [2.05, 4.69) is 16.6 Å². The Morgan fingerprint density at radius 3 is 2.60 bits per heavy atom. The minimum absolute atomic E-state index is 0.00867. The average molecular weight is 278 g/mol. The van der Waals surface area contributed by atoms with Crippen LogP contribution in [0.15, 0.2) is 0 Å². The van der Waals surface area contributed by atoms with E-state index >= 15 is 0 Å². The second-order valence-electron chi connectivity index (χ2n) is 6.04. The van der Waals surface area contributed by atoms with Gasteiger partial charge in [0, 0.05) is 12.5 Å². The Hall–Kier alpha value is -1.70. The summed E-state index contributed by atoms with van der Waals surface area (Å²) in [5.41, 5.74) is 0. The maximum absolute atomic E-state index is 11.9. The van der Waals surface area contributed by atoms with Crippen molar-refractivity contribution in [2.24, 2.45) is 17.8 Å². The topological polar surface area (TPSA) is 78.4 Å². The Morgan fingerprint density at radius 2 is 2.10 bits per heavy atom. The molecule has 2 amide bonds. The molecule has 0 spiro atoms. The molecule has 0 aromatic rings. The Morgan fingerprint density at radius 1 is 1.35 bits per heavy atom. The monoisotopic (exact) mass is 278 g/mol. The highest BCUT2D eigenvalue weighted by molar-refractivity contribution is 5.82. The van der Waals surface area contributed by atoms with Crippen molar-refractivity contribution in [3.8, 4) is 12.3 Å². The van der Waals surface area contributed by atoms with E-state index in [0.29, 0.717) is 5.92 Å². The number of nitrogens with one attached hydrogen (secondary N) is 2. The number of carboxylic acids is 1. The van der Waals surface area contributed by atoms with Gasteiger partial charge in [0.2, 0.25) is 0 Å². The predicted molar refractivity (Wildman–Crippen MR) is 74.9 cm³/mol. The molecule has 110 valence electrons. The first-order valence-electron chi connectivity index (χ1n) is 7.24. The van der Waals surface area contributed by atoms with Crippen molar-refractivity contribution in [2.45, 2.75) is 51.1 Å². The van der Waals surface area contributed by atoms with Crippen LogP contribution >= 0.6 is 0 Å². The summed E-state index contributed by atoms with van der Waals surface area (Å²) in [6.07, 6.45) is 10.1. The predicted octanol–water partition coefficient (Wildman–Crippen LogP) is 1.59. The number of carboxylic acid groups (broad SMARTS) is 1. The number of aliphatic carboxylic acids is 1. The SMILES string of the molecule is C#CCC(NC(=O)NC(C)C1CC2CCC1C2)C(=O)O. The molecule has 2 saturated carbocycles. The van der Waals surface area contributed by atoms with E-state index < -0.39 is 18.0 Å². The number of rotatable bonds is 5. The molecule has 2 aliphatic carbocycles. The quantitative estimate of drug-likeness (QED) is 0.668. The van der Waals surface area contributed by atoms with Crippen molar-refractivity contribution in [1.82, 2.24) is 10.6 Å². The summed E-state index contributed by atoms with van der Waals surface area (Å²) in [5.74, 6) is 3.22. The molecule has 2 fully saturated rings. The van der Waals surface area contributed by atoms with E-state index in [4.69, 9.17) is 11.5 Å². The van der Waals surface area contributed by atoms with Crippen molar-refractivity contribution in [2.75, 3.05) is 0 Å². The van der Waals surface area contributed by atoms with Crippen LogP contribution < -0.4 is 10.6 Å². The van der Waals surface area contributed by atoms with E-state index in [1.807, 2.05) is 6.92 Å². The van der Waals surface area contributed by atoms with Gasteiger partial charge in [0.1, 0.15) is 6.04 Å². The van der Waals surface area contributed by atoms with Crippen LogP contribution in [0.2, 0.25) is 0 Å². The molecule has 0 saturated heterocycles. The van der Waals surface area contributed by atoms with Crippen LogP contribution in [-0.2, 0) is 4.79 Å². The molecule has 0 radical (unpaired) electrons. The molecule has 5 heteroatoms. The lowest BCUT2D eigenvalue weighted by molar-refractivity contribution is -0.139. The minimum Gasteiger partial charge on any atom is -0.480 e. The van der Waals surface area contributed by atoms with E-state index in [-0.39, 0.29) is 12.5 Å². The minimum atomic E-state index is -1.11. The van der Waals surface area contributed by atoms with E-state index in [0.717, 1.165) is 11.8 Å². The molecule has 3 N–H and O–H groups in total. The van der Waals surface area contributed by atoms with Gasteiger partial charge in [0.25, 0.3) is 0 Å². The lowest BCUT2D eigenvalue weighted by Gasteiger charge is -2.28. The maximum Gasteiger partial charge on any atom is 0.327 e. The average Bonchev–Trinajstić information content (AvgIpc) is 3.00. The van der Waals surface area contributed by atoms with Gasteiger partial charge in [-0.3, -0.25) is 0 Å². The summed E-state index contributed by atoms with van der Waals surface area (Å²) in [6, 6.07) is -1.39. The number of carbonyl (C=O) groups is 2. The van der Waals surface area contributed by atoms with Crippen LogP contribution in [0.1, 0.15) is 39.0 Å². The Bertz CT molecular complexity index is 429. The summed E-state index contributed by atoms with van der Waals surface area (Å²) in [7, 11) is 0.